The number of amides is 1. The lowest BCUT2D eigenvalue weighted by atomic mass is 9.57. The number of benzene rings is 2. The van der Waals surface area contributed by atoms with Gasteiger partial charge in [-0.3, -0.25) is 19.3 Å². The number of ketones is 2. The average Bonchev–Trinajstić information content (AvgIpc) is 2.82. The summed E-state index contributed by atoms with van der Waals surface area (Å²) >= 11 is 0. The van der Waals surface area contributed by atoms with Crippen molar-refractivity contribution >= 4 is 23.2 Å². The van der Waals surface area contributed by atoms with Crippen LogP contribution in [-0.4, -0.2) is 68.5 Å². The molecule has 0 radical (unpaired) electrons. The lowest BCUT2D eigenvalue weighted by Gasteiger charge is -2.50. The molecule has 0 heterocycles. The van der Waals surface area contributed by atoms with Gasteiger partial charge in [-0.05, 0) is 67.7 Å². The van der Waals surface area contributed by atoms with Gasteiger partial charge in [0.15, 0.2) is 11.4 Å². The summed E-state index contributed by atoms with van der Waals surface area (Å²) in [6.07, 6.45) is 0.139. The van der Waals surface area contributed by atoms with Gasteiger partial charge in [-0.25, -0.2) is 4.39 Å². The van der Waals surface area contributed by atoms with Gasteiger partial charge in [0.25, 0.3) is 5.91 Å². The summed E-state index contributed by atoms with van der Waals surface area (Å²) in [7, 11) is 3.08. The van der Waals surface area contributed by atoms with Gasteiger partial charge in [0.1, 0.15) is 28.7 Å². The Bertz CT molecular complexity index is 1440. The molecule has 3 aliphatic carbocycles. The Labute approximate surface area is 210 Å². The highest BCUT2D eigenvalue weighted by Gasteiger charge is 2.64. The fourth-order valence-electron chi connectivity index (χ4n) is 6.14. The van der Waals surface area contributed by atoms with E-state index in [9.17, 15) is 39.2 Å². The number of halogens is 1. The smallest absolute Gasteiger partial charge is 0.255 e. The van der Waals surface area contributed by atoms with Crippen molar-refractivity contribution in [2.45, 2.75) is 24.5 Å². The second kappa shape index (κ2) is 8.25. The predicted octanol–water partition coefficient (Wildman–Crippen LogP) is 1.77. The van der Waals surface area contributed by atoms with Crippen LogP contribution in [-0.2, 0) is 20.8 Å². The van der Waals surface area contributed by atoms with E-state index < -0.39 is 63.9 Å². The molecule has 0 aliphatic heterocycles. The third kappa shape index (κ3) is 3.32. The number of phenols is 1. The van der Waals surface area contributed by atoms with Crippen LogP contribution in [0.2, 0.25) is 0 Å². The van der Waals surface area contributed by atoms with Gasteiger partial charge < -0.3 is 26.2 Å². The minimum Gasteiger partial charge on any atom is -0.508 e. The van der Waals surface area contributed by atoms with Crippen LogP contribution in [0.15, 0.2) is 53.3 Å². The van der Waals surface area contributed by atoms with E-state index in [-0.39, 0.29) is 29.7 Å². The van der Waals surface area contributed by atoms with E-state index in [1.165, 1.54) is 37.2 Å². The molecule has 1 unspecified atom stereocenters. The number of aromatic hydroxyl groups is 1. The fourth-order valence-corrected chi connectivity index (χ4v) is 6.14. The SMILES string of the molecule is CN(C)C1C(=O)C(C(N)=O)=C(O)[C@@]2(O)C(=O)C3=C(O)c4c(O)ccc(-c5ccc(F)cc5)c4C[C@H]3C[C@@H]12. The Balaban J connectivity index is 1.74. The number of carbonyl (C=O) groups is 3. The molecule has 10 heteroatoms. The first-order chi connectivity index (χ1) is 17.4. The number of hydrogen-bond donors (Lipinski definition) is 5. The summed E-state index contributed by atoms with van der Waals surface area (Å²) in [6, 6.07) is 7.48. The van der Waals surface area contributed by atoms with Crippen LogP contribution in [0.1, 0.15) is 17.5 Å². The van der Waals surface area contributed by atoms with Crippen LogP contribution in [0.3, 0.4) is 0 Å². The first-order valence-corrected chi connectivity index (χ1v) is 11.6. The molecule has 0 spiro atoms. The van der Waals surface area contributed by atoms with Crippen molar-refractivity contribution in [3.05, 3.63) is 70.2 Å². The summed E-state index contributed by atoms with van der Waals surface area (Å²) in [6.45, 7) is 0. The van der Waals surface area contributed by atoms with E-state index in [0.29, 0.717) is 16.7 Å². The molecule has 1 amide bonds. The summed E-state index contributed by atoms with van der Waals surface area (Å²) in [4.78, 5) is 40.5. The van der Waals surface area contributed by atoms with Crippen LogP contribution >= 0.6 is 0 Å². The molecule has 0 bridgehead atoms. The Hall–Kier alpha value is -4.02. The molecular formula is C27H25FN2O7. The first-order valence-electron chi connectivity index (χ1n) is 11.6. The highest BCUT2D eigenvalue weighted by atomic mass is 19.1. The second-order valence-corrected chi connectivity index (χ2v) is 9.95. The van der Waals surface area contributed by atoms with E-state index in [1.807, 2.05) is 0 Å². The first kappa shape index (κ1) is 24.7. The molecule has 4 atom stereocenters. The molecule has 0 saturated heterocycles. The summed E-state index contributed by atoms with van der Waals surface area (Å²) in [5.74, 6) is -7.46. The summed E-state index contributed by atoms with van der Waals surface area (Å²) < 4.78 is 13.5. The predicted molar refractivity (Wildman–Crippen MR) is 130 cm³/mol. The molecule has 9 nitrogen and oxygen atoms in total. The Kier molecular flexibility index (Phi) is 5.50. The van der Waals surface area contributed by atoms with Crippen LogP contribution < -0.4 is 5.73 Å². The number of primary amides is 1. The standard InChI is InChI=1S/C27H25FN2O7/c1-30(2)21-16-10-12-9-15-14(11-3-5-13(28)6-4-11)7-8-17(31)19(15)22(32)18(12)24(34)27(16,37)25(35)20(23(21)33)26(29)36/h3-8,12,16,21,31-32,35,37H,9-10H2,1-2H3,(H2,29,36)/t12-,16-,21?,27-/m0/s1. The summed E-state index contributed by atoms with van der Waals surface area (Å²) in [5.41, 5.74) is 3.28. The molecule has 37 heavy (non-hydrogen) atoms. The number of Topliss-reactive ketones (excluding diaryl/α,β-unsaturated/α-hetero) is 2. The van der Waals surface area contributed by atoms with Crippen LogP contribution in [0, 0.1) is 17.7 Å². The number of phenolic OH excluding ortho intramolecular Hbond substituents is 1. The number of rotatable bonds is 3. The molecule has 1 fully saturated rings. The third-order valence-electron chi connectivity index (χ3n) is 7.76. The quantitative estimate of drug-likeness (QED) is 0.392. The van der Waals surface area contributed by atoms with Gasteiger partial charge in [0, 0.05) is 11.5 Å². The Morgan fingerprint density at radius 3 is 2.32 bits per heavy atom. The normalized spacial score (nSPS) is 27.2. The maximum atomic E-state index is 13.8. The van der Waals surface area contributed by atoms with Crippen LogP contribution in [0.5, 0.6) is 5.75 Å². The van der Waals surface area contributed by atoms with Crippen LogP contribution in [0.25, 0.3) is 16.9 Å². The topological polar surface area (TPSA) is 161 Å². The number of fused-ring (bicyclic) bond motifs is 3. The number of carbonyl (C=O) groups excluding carboxylic acids is 3. The van der Waals surface area contributed by atoms with E-state index in [2.05, 4.69) is 0 Å². The van der Waals surface area contributed by atoms with E-state index >= 15 is 0 Å². The van der Waals surface area contributed by atoms with Crippen molar-refractivity contribution in [2.24, 2.45) is 17.6 Å². The van der Waals surface area contributed by atoms with Crippen molar-refractivity contribution in [3.63, 3.8) is 0 Å². The van der Waals surface area contributed by atoms with Crippen molar-refractivity contribution in [1.29, 1.82) is 0 Å². The minimum absolute atomic E-state index is 0.00965. The number of aliphatic hydroxyl groups excluding tert-OH is 2. The summed E-state index contributed by atoms with van der Waals surface area (Å²) in [5, 5.41) is 44.4. The minimum atomic E-state index is -2.69. The van der Waals surface area contributed by atoms with Gasteiger partial charge in [-0.15, -0.1) is 0 Å². The number of aliphatic hydroxyl groups is 3. The molecule has 3 aliphatic rings. The maximum absolute atomic E-state index is 13.8. The molecule has 192 valence electrons. The molecule has 2 aromatic rings. The Morgan fingerprint density at radius 1 is 1.08 bits per heavy atom. The highest BCUT2D eigenvalue weighted by Crippen LogP contribution is 2.53. The zero-order valence-electron chi connectivity index (χ0n) is 20.0. The largest absolute Gasteiger partial charge is 0.508 e. The Morgan fingerprint density at radius 2 is 1.73 bits per heavy atom. The number of hydrogen-bond acceptors (Lipinski definition) is 8. The molecule has 1 saturated carbocycles. The monoisotopic (exact) mass is 508 g/mol. The van der Waals surface area contributed by atoms with Crippen molar-refractivity contribution in [2.75, 3.05) is 14.1 Å². The van der Waals surface area contributed by atoms with Gasteiger partial charge in [-0.1, -0.05) is 18.2 Å². The van der Waals surface area contributed by atoms with Gasteiger partial charge in [0.05, 0.1) is 11.6 Å². The van der Waals surface area contributed by atoms with Crippen molar-refractivity contribution in [1.82, 2.24) is 4.90 Å². The van der Waals surface area contributed by atoms with Crippen molar-refractivity contribution < 1.29 is 39.2 Å². The second-order valence-electron chi connectivity index (χ2n) is 9.95. The van der Waals surface area contributed by atoms with Gasteiger partial charge in [-0.2, -0.15) is 0 Å². The van der Waals surface area contributed by atoms with E-state index in [4.69, 9.17) is 5.73 Å². The average molecular weight is 509 g/mol. The third-order valence-corrected chi connectivity index (χ3v) is 7.76. The zero-order chi connectivity index (χ0) is 27.0. The van der Waals surface area contributed by atoms with E-state index in [1.54, 1.807) is 18.2 Å². The fraction of sp³-hybridized carbons (Fsp3) is 0.296. The zero-order valence-corrected chi connectivity index (χ0v) is 20.0. The lowest BCUT2D eigenvalue weighted by molar-refractivity contribution is -0.153. The molecule has 2 aromatic carbocycles. The van der Waals surface area contributed by atoms with Crippen LogP contribution in [0.4, 0.5) is 4.39 Å². The molecule has 0 aromatic heterocycles. The number of nitrogens with zero attached hydrogens (tertiary/aromatic N) is 1. The highest BCUT2D eigenvalue weighted by molar-refractivity contribution is 6.24. The van der Waals surface area contributed by atoms with Crippen molar-refractivity contribution in [3.8, 4) is 16.9 Å². The number of likely N-dealkylation sites (N-methyl/N-ethyl adjacent to an activating group) is 1. The molecule has 6 N–H and O–H groups in total. The number of nitrogens with two attached hydrogens (primary N) is 1. The lowest BCUT2D eigenvalue weighted by Crippen LogP contribution is -2.65. The maximum Gasteiger partial charge on any atom is 0.255 e. The molecule has 5 rings (SSSR count). The van der Waals surface area contributed by atoms with Gasteiger partial charge in [0.2, 0.25) is 5.78 Å². The molecular weight excluding hydrogens is 483 g/mol. The van der Waals surface area contributed by atoms with Gasteiger partial charge >= 0.3 is 0 Å². The van der Waals surface area contributed by atoms with E-state index in [0.717, 1.165) is 0 Å².